The van der Waals surface area contributed by atoms with Gasteiger partial charge in [-0.15, -0.1) is 0 Å². The number of aromatic hydroxyl groups is 1. The van der Waals surface area contributed by atoms with Crippen molar-refractivity contribution >= 4 is 23.3 Å². The number of ketones is 2. The molecule has 6 heteroatoms. The zero-order valence-electron chi connectivity index (χ0n) is 21.2. The van der Waals surface area contributed by atoms with E-state index in [1.54, 1.807) is 24.5 Å². The number of nitrogens with zero attached hydrogens (tertiary/aromatic N) is 2. The molecule has 1 heterocycles. The Bertz CT molecular complexity index is 1250. The Kier molecular flexibility index (Phi) is 7.62. The van der Waals surface area contributed by atoms with E-state index in [-0.39, 0.29) is 34.6 Å². The van der Waals surface area contributed by atoms with Gasteiger partial charge < -0.3 is 9.67 Å². The number of hydrogen-bond donors (Lipinski definition) is 1. The summed E-state index contributed by atoms with van der Waals surface area (Å²) in [7, 11) is 0. The number of nitriles is 1. The zero-order valence-corrected chi connectivity index (χ0v) is 22.0. The van der Waals surface area contributed by atoms with E-state index in [0.717, 1.165) is 17.3 Å². The first-order chi connectivity index (χ1) is 16.3. The Morgan fingerprint density at radius 1 is 0.943 bits per heavy atom. The Hall–Kier alpha value is -3.30. The van der Waals surface area contributed by atoms with Crippen molar-refractivity contribution in [1.82, 2.24) is 4.57 Å². The lowest BCUT2D eigenvalue weighted by Crippen LogP contribution is -2.19. The van der Waals surface area contributed by atoms with E-state index >= 15 is 0 Å². The summed E-state index contributed by atoms with van der Waals surface area (Å²) < 4.78 is 1.86. The maximum absolute atomic E-state index is 13.3. The van der Waals surface area contributed by atoms with Gasteiger partial charge >= 0.3 is 0 Å². The summed E-state index contributed by atoms with van der Waals surface area (Å²) in [5.41, 5.74) is 2.44. The van der Waals surface area contributed by atoms with Crippen molar-refractivity contribution < 1.29 is 14.7 Å². The van der Waals surface area contributed by atoms with Crippen LogP contribution in [0, 0.1) is 10.7 Å². The van der Waals surface area contributed by atoms with Gasteiger partial charge in [0, 0.05) is 35.6 Å². The summed E-state index contributed by atoms with van der Waals surface area (Å²) in [6.45, 7) is 12.4. The van der Waals surface area contributed by atoms with Crippen LogP contribution in [0.5, 0.6) is 5.75 Å². The highest BCUT2D eigenvalue weighted by Gasteiger charge is 2.28. The molecule has 3 aromatic rings. The number of carbonyl (C=O) groups excluding carboxylic acids is 2. The number of phenolic OH excluding ortho intramolecular Hbond substituents is 1. The van der Waals surface area contributed by atoms with Gasteiger partial charge in [-0.05, 0) is 40.3 Å². The second-order valence-corrected chi connectivity index (χ2v) is 11.7. The summed E-state index contributed by atoms with van der Waals surface area (Å²) >= 11 is 0.918. The average molecular weight is 489 g/mol. The summed E-state index contributed by atoms with van der Waals surface area (Å²) in [5, 5.41) is 22.2. The number of thioether (sulfide) groups is 1. The van der Waals surface area contributed by atoms with E-state index in [4.69, 9.17) is 0 Å². The Morgan fingerprint density at radius 3 is 2.03 bits per heavy atom. The number of Topliss-reactive ketones (excluding diaryl/α,β-unsaturated/α-hetero) is 2. The van der Waals surface area contributed by atoms with Crippen LogP contribution >= 0.6 is 11.8 Å². The molecule has 0 aliphatic rings. The molecule has 0 radical (unpaired) electrons. The largest absolute Gasteiger partial charge is 0.507 e. The molecule has 0 unspecified atom stereocenters. The first kappa shape index (κ1) is 26.3. The molecule has 182 valence electrons. The van der Waals surface area contributed by atoms with E-state index < -0.39 is 0 Å². The fourth-order valence-electron chi connectivity index (χ4n) is 3.99. The third-order valence-corrected chi connectivity index (χ3v) is 6.51. The van der Waals surface area contributed by atoms with Crippen LogP contribution in [0.3, 0.4) is 0 Å². The molecule has 0 amide bonds. The molecule has 0 aliphatic heterocycles. The fourth-order valence-corrected chi connectivity index (χ4v) is 4.56. The van der Waals surface area contributed by atoms with Gasteiger partial charge in [-0.25, -0.2) is 0 Å². The van der Waals surface area contributed by atoms with Gasteiger partial charge in [0.15, 0.2) is 11.6 Å². The number of phenols is 1. The van der Waals surface area contributed by atoms with Gasteiger partial charge in [0.2, 0.25) is 0 Å². The van der Waals surface area contributed by atoms with Crippen molar-refractivity contribution in [1.29, 1.82) is 5.26 Å². The minimum absolute atomic E-state index is 0.193. The standard InChI is InChI=1S/C29H32N2O3S/c1-28(2,3)22-12-20(13-23(27(22)34)29(4,5)6)24(32)14-25(33)21-16-31(17-26(21)35-18-30)15-19-10-8-7-9-11-19/h7-13,16-17,34H,14-15H2,1-6H3. The van der Waals surface area contributed by atoms with Crippen LogP contribution in [-0.4, -0.2) is 21.2 Å². The van der Waals surface area contributed by atoms with E-state index in [1.807, 2.05) is 81.8 Å². The second-order valence-electron chi connectivity index (χ2n) is 10.8. The topological polar surface area (TPSA) is 83.1 Å². The average Bonchev–Trinajstić information content (AvgIpc) is 3.15. The molecule has 0 aliphatic carbocycles. The lowest BCUT2D eigenvalue weighted by atomic mass is 9.78. The highest BCUT2D eigenvalue weighted by atomic mass is 32.2. The zero-order chi connectivity index (χ0) is 26.0. The highest BCUT2D eigenvalue weighted by Crippen LogP contribution is 2.40. The predicted molar refractivity (Wildman–Crippen MR) is 140 cm³/mol. The molecule has 0 spiro atoms. The molecule has 0 saturated carbocycles. The molecule has 2 aromatic carbocycles. The van der Waals surface area contributed by atoms with Gasteiger partial charge in [0.1, 0.15) is 11.2 Å². The Balaban J connectivity index is 1.93. The van der Waals surface area contributed by atoms with Gasteiger partial charge in [-0.2, -0.15) is 5.26 Å². The molecule has 0 fully saturated rings. The summed E-state index contributed by atoms with van der Waals surface area (Å²) in [6, 6.07) is 13.2. The monoisotopic (exact) mass is 488 g/mol. The van der Waals surface area contributed by atoms with E-state index in [0.29, 0.717) is 33.7 Å². The van der Waals surface area contributed by atoms with Crippen LogP contribution < -0.4 is 0 Å². The molecule has 0 atom stereocenters. The van der Waals surface area contributed by atoms with Crippen LogP contribution in [0.4, 0.5) is 0 Å². The molecule has 1 aromatic heterocycles. The number of aromatic nitrogens is 1. The molecule has 5 nitrogen and oxygen atoms in total. The van der Waals surface area contributed by atoms with Crippen molar-refractivity contribution in [2.75, 3.05) is 0 Å². The van der Waals surface area contributed by atoms with Gasteiger partial charge in [0.05, 0.1) is 16.9 Å². The predicted octanol–water partition coefficient (Wildman–Crippen LogP) is 6.87. The molecule has 0 saturated heterocycles. The van der Waals surface area contributed by atoms with Crippen molar-refractivity contribution in [3.63, 3.8) is 0 Å². The highest BCUT2D eigenvalue weighted by molar-refractivity contribution is 8.03. The van der Waals surface area contributed by atoms with Crippen molar-refractivity contribution in [2.24, 2.45) is 0 Å². The summed E-state index contributed by atoms with van der Waals surface area (Å²) in [6.07, 6.45) is 3.17. The van der Waals surface area contributed by atoms with Crippen LogP contribution in [0.25, 0.3) is 0 Å². The third kappa shape index (κ3) is 6.23. The smallest absolute Gasteiger partial charge is 0.173 e. The second kappa shape index (κ2) is 10.1. The van der Waals surface area contributed by atoms with Gasteiger partial charge in [-0.3, -0.25) is 9.59 Å². The summed E-state index contributed by atoms with van der Waals surface area (Å²) in [5.74, 6) is -0.449. The number of rotatable bonds is 7. The van der Waals surface area contributed by atoms with Crippen molar-refractivity contribution in [2.45, 2.75) is 70.2 Å². The fraction of sp³-hybridized carbons (Fsp3) is 0.345. The summed E-state index contributed by atoms with van der Waals surface area (Å²) in [4.78, 5) is 27.0. The van der Waals surface area contributed by atoms with E-state index in [2.05, 4.69) is 0 Å². The van der Waals surface area contributed by atoms with Crippen LogP contribution in [0.1, 0.15) is 85.4 Å². The molecule has 35 heavy (non-hydrogen) atoms. The van der Waals surface area contributed by atoms with Gasteiger partial charge in [0.25, 0.3) is 0 Å². The van der Waals surface area contributed by atoms with Crippen molar-refractivity contribution in [3.05, 3.63) is 82.7 Å². The van der Waals surface area contributed by atoms with E-state index in [1.165, 1.54) is 0 Å². The quantitative estimate of drug-likeness (QED) is 0.170. The first-order valence-electron chi connectivity index (χ1n) is 11.5. The van der Waals surface area contributed by atoms with Gasteiger partial charge in [-0.1, -0.05) is 71.9 Å². The number of thiocyanates is 1. The van der Waals surface area contributed by atoms with E-state index in [9.17, 15) is 20.0 Å². The number of hydrogen-bond acceptors (Lipinski definition) is 5. The Morgan fingerprint density at radius 2 is 1.51 bits per heavy atom. The minimum atomic E-state index is -0.379. The minimum Gasteiger partial charge on any atom is -0.507 e. The van der Waals surface area contributed by atoms with Crippen LogP contribution in [0.2, 0.25) is 0 Å². The Labute approximate surface area is 211 Å². The molecule has 0 bridgehead atoms. The first-order valence-corrected chi connectivity index (χ1v) is 12.4. The normalized spacial score (nSPS) is 11.8. The van der Waals surface area contributed by atoms with Crippen molar-refractivity contribution in [3.8, 4) is 11.2 Å². The molecular formula is C29H32N2O3S. The molecule has 3 rings (SSSR count). The lowest BCUT2D eigenvalue weighted by Gasteiger charge is -2.28. The maximum atomic E-state index is 13.3. The molecule has 1 N–H and O–H groups in total. The molecular weight excluding hydrogens is 456 g/mol. The lowest BCUT2D eigenvalue weighted by molar-refractivity contribution is 0.0892. The van der Waals surface area contributed by atoms with Crippen LogP contribution in [-0.2, 0) is 17.4 Å². The SMILES string of the molecule is CC(C)(C)c1cc(C(=O)CC(=O)c2cn(Cc3ccccc3)cc2SC#N)cc(C(C)(C)C)c1O. The number of benzene rings is 2. The van der Waals surface area contributed by atoms with Crippen LogP contribution in [0.15, 0.2) is 59.8 Å². The maximum Gasteiger partial charge on any atom is 0.173 e. The third-order valence-electron chi connectivity index (χ3n) is 5.88. The number of carbonyl (C=O) groups is 2.